The van der Waals surface area contributed by atoms with Gasteiger partial charge in [0.05, 0.1) is 47.5 Å². The second-order valence-corrected chi connectivity index (χ2v) is 35.4. The first-order valence-electron chi connectivity index (χ1n) is 35.4. The topological polar surface area (TPSA) is 253 Å². The summed E-state index contributed by atoms with van der Waals surface area (Å²) < 4.78 is 12.6. The van der Waals surface area contributed by atoms with Crippen molar-refractivity contribution in [1.82, 2.24) is 5.32 Å². The Morgan fingerprint density at radius 1 is 0.856 bits per heavy atom. The zero-order chi connectivity index (χ0) is 63.1. The van der Waals surface area contributed by atoms with Gasteiger partial charge in [0.15, 0.2) is 5.78 Å². The van der Waals surface area contributed by atoms with Crippen LogP contribution >= 0.6 is 21.6 Å². The van der Waals surface area contributed by atoms with Crippen molar-refractivity contribution in [2.75, 3.05) is 37.5 Å². The van der Waals surface area contributed by atoms with Crippen molar-refractivity contribution >= 4 is 39.0 Å². The average molecular weight is 1280 g/mol. The molecule has 1 aromatic rings. The largest absolute Gasteiger partial charge is 0.508 e. The molecule has 0 radical (unpaired) electrons. The molecule has 6 heterocycles. The number of ether oxygens (including phenoxy) is 2. The number of phenolic OH excluding ortho intramolecular Hbond substituents is 1. The van der Waals surface area contributed by atoms with Gasteiger partial charge in [-0.1, -0.05) is 112 Å². The first-order chi connectivity index (χ1) is 43.0. The molecule has 10 aliphatic carbocycles. The summed E-state index contributed by atoms with van der Waals surface area (Å²) in [6, 6.07) is 5.41. The number of piperidine rings is 1. The Labute approximate surface area is 540 Å². The van der Waals surface area contributed by atoms with E-state index in [4.69, 9.17) is 9.47 Å². The van der Waals surface area contributed by atoms with Gasteiger partial charge in [-0.15, -0.1) is 0 Å². The fourth-order valence-corrected chi connectivity index (χ4v) is 29.0. The van der Waals surface area contributed by atoms with Crippen molar-refractivity contribution in [2.45, 2.75) is 240 Å². The molecule has 10 fully saturated rings. The molecule has 90 heavy (non-hydrogen) atoms. The van der Waals surface area contributed by atoms with Crippen molar-refractivity contribution in [2.24, 2.45) is 91.7 Å². The second-order valence-electron chi connectivity index (χ2n) is 32.9. The summed E-state index contributed by atoms with van der Waals surface area (Å²) in [5.41, 5.74) is -12.8. The number of benzene rings is 1. The maximum absolute atomic E-state index is 16.9. The quantitative estimate of drug-likeness (QED) is 0.0695. The van der Waals surface area contributed by atoms with Crippen LogP contribution < -0.4 is 10.2 Å². The van der Waals surface area contributed by atoms with E-state index in [1.165, 1.54) is 28.0 Å². The number of hydrogen-bond acceptors (Lipinski definition) is 16. The van der Waals surface area contributed by atoms with E-state index >= 15 is 9.59 Å². The van der Waals surface area contributed by atoms with Crippen LogP contribution in [0.3, 0.4) is 0 Å². The van der Waals surface area contributed by atoms with Gasteiger partial charge in [0.1, 0.15) is 28.5 Å². The summed E-state index contributed by atoms with van der Waals surface area (Å²) in [7, 11) is 4.39. The molecule has 0 unspecified atom stereocenters. The van der Waals surface area contributed by atoms with Crippen molar-refractivity contribution in [3.05, 3.63) is 59.7 Å². The molecule has 6 aliphatic heterocycles. The van der Waals surface area contributed by atoms with E-state index < -0.39 is 115 Å². The maximum Gasteiger partial charge on any atom is 0.234 e. The fourth-order valence-electron chi connectivity index (χ4n) is 25.9. The highest BCUT2D eigenvalue weighted by molar-refractivity contribution is 8.76. The molecule has 24 atom stereocenters. The van der Waals surface area contributed by atoms with Gasteiger partial charge in [-0.05, 0) is 191 Å². The summed E-state index contributed by atoms with van der Waals surface area (Å²) in [6.45, 7) is 7.71. The van der Waals surface area contributed by atoms with E-state index in [0.29, 0.717) is 112 Å². The van der Waals surface area contributed by atoms with Gasteiger partial charge in [-0.25, -0.2) is 0 Å². The fraction of sp³-hybridized carbons (Fsp3) is 0.808. The van der Waals surface area contributed by atoms with Crippen LogP contribution in [0.5, 0.6) is 5.75 Å². The molecule has 0 aromatic heterocycles. The number of aliphatic hydroxyl groups excluding tert-OH is 5. The lowest BCUT2D eigenvalue weighted by Gasteiger charge is -2.74. The van der Waals surface area contributed by atoms with E-state index in [2.05, 4.69) is 50.4 Å². The van der Waals surface area contributed by atoms with E-state index in [1.807, 2.05) is 17.9 Å². The molecule has 17 rings (SSSR count). The van der Waals surface area contributed by atoms with Gasteiger partial charge in [0.25, 0.3) is 0 Å². The van der Waals surface area contributed by atoms with Crippen LogP contribution in [0.15, 0.2) is 54.2 Å². The van der Waals surface area contributed by atoms with E-state index in [-0.39, 0.29) is 79.2 Å². The molecule has 6 spiro atoms. The number of nitrogens with one attached hydrogen (secondary N) is 1. The Morgan fingerprint density at radius 3 is 2.36 bits per heavy atom. The lowest BCUT2D eigenvalue weighted by molar-refractivity contribution is -0.309. The zero-order valence-corrected chi connectivity index (χ0v) is 55.6. The zero-order valence-electron chi connectivity index (χ0n) is 53.9. The highest BCUT2D eigenvalue weighted by Crippen LogP contribution is 2.82. The first-order valence-corrected chi connectivity index (χ1v) is 37.8. The number of rotatable bonds is 7. The van der Waals surface area contributed by atoms with Crippen LogP contribution in [-0.2, 0) is 25.5 Å². The molecule has 8 bridgehead atoms. The van der Waals surface area contributed by atoms with Gasteiger partial charge in [0.2, 0.25) is 5.91 Å². The molecule has 496 valence electrons. The van der Waals surface area contributed by atoms with Gasteiger partial charge in [-0.3, -0.25) is 9.59 Å². The maximum atomic E-state index is 16.9. The Morgan fingerprint density at radius 2 is 1.62 bits per heavy atom. The number of carbonyl (C=O) groups is 2. The van der Waals surface area contributed by atoms with Crippen LogP contribution in [0.4, 0.5) is 5.69 Å². The predicted molar refractivity (Wildman–Crippen MR) is 346 cm³/mol. The summed E-state index contributed by atoms with van der Waals surface area (Å²) in [6.07, 6.45) is 21.6. The molecule has 7 saturated carbocycles. The number of amides is 1. The number of allylic oxidation sites excluding steroid dienone is 3. The van der Waals surface area contributed by atoms with Crippen LogP contribution in [0.25, 0.3) is 0 Å². The van der Waals surface area contributed by atoms with Crippen molar-refractivity contribution in [3.8, 4) is 5.75 Å². The molecular weight excluding hydrogens is 1180 g/mol. The van der Waals surface area contributed by atoms with Gasteiger partial charge in [0, 0.05) is 77.4 Å². The minimum atomic E-state index is -2.06. The lowest BCUT2D eigenvalue weighted by atomic mass is 9.31. The van der Waals surface area contributed by atoms with Crippen molar-refractivity contribution < 1.29 is 65.0 Å². The minimum absolute atomic E-state index is 0.0213. The summed E-state index contributed by atoms with van der Waals surface area (Å²) in [5.74, 6) is -1.84. The normalized spacial score (nSPS) is 50.1. The van der Waals surface area contributed by atoms with Crippen LogP contribution in [0.1, 0.15) is 175 Å². The molecule has 3 saturated heterocycles. The Hall–Kier alpha value is -2.36. The molecule has 1 amide bonds. The van der Waals surface area contributed by atoms with Gasteiger partial charge in [-0.2, -0.15) is 0 Å². The van der Waals surface area contributed by atoms with E-state index in [9.17, 15) is 46.0 Å². The molecule has 17 heteroatoms. The monoisotopic (exact) mass is 1280 g/mol. The number of nitrogens with zero attached hydrogens (tertiary/aromatic N) is 1. The van der Waals surface area contributed by atoms with E-state index in [0.717, 1.165) is 50.5 Å². The number of ketones is 1. The smallest absolute Gasteiger partial charge is 0.234 e. The third-order valence-corrected chi connectivity index (χ3v) is 32.9. The second kappa shape index (κ2) is 22.1. The molecular formula is C73H104N2O13S2. The minimum Gasteiger partial charge on any atom is -0.508 e. The number of carbonyl (C=O) groups excluding carboxylic acids is 2. The average Bonchev–Trinajstić information content (AvgIpc) is 1.08. The third-order valence-electron chi connectivity index (χ3n) is 30.3. The lowest BCUT2D eigenvalue weighted by Crippen LogP contribution is -2.79. The molecule has 10 N–H and O–H groups in total. The summed E-state index contributed by atoms with van der Waals surface area (Å²) in [5, 5.41) is 122. The number of epoxide rings is 1. The predicted octanol–water partition coefficient (Wildman–Crippen LogP) is 8.87. The number of hydrogen-bond donors (Lipinski definition) is 10. The molecule has 16 aliphatic rings. The summed E-state index contributed by atoms with van der Waals surface area (Å²) in [4.78, 5) is 35.3. The van der Waals surface area contributed by atoms with Crippen LogP contribution in [0, 0.1) is 91.7 Å². The third kappa shape index (κ3) is 8.08. The Kier molecular flexibility index (Phi) is 15.6. The number of phenols is 1. The highest BCUT2D eigenvalue weighted by Gasteiger charge is 2.84. The number of fused-ring (bicyclic) bond motifs is 3. The SMILES string of the molecule is CO[C@@H]1C=C[C@H]2C[C@H]([C@@H]3CC[C@]4(CN5C(=O)[C@]46[C@@H](CO)CCC[C@H]6CSS[C@@H](O)[C@@]46C[C@@H](O)[C@](O)(CO)C7(CCCC7)[C@]4(C)[C@H]4C[C@@H]7C=CC[C@](O)([C@@H]8O[C@H]8[C@H](C)C(C)C)[C@H]8CC[C@@](O)(C4=CC6=O)[C@@]87CCc4cc(O)cc5c4)[C@@H]3O)NC3(CCCCC3)[C@H]2C1. The van der Waals surface area contributed by atoms with Crippen LogP contribution in [-0.4, -0.2) is 155 Å². The number of methoxy groups -OCH3 is 1. The van der Waals surface area contributed by atoms with Crippen molar-refractivity contribution in [3.63, 3.8) is 0 Å². The Balaban J connectivity index is 0.898. The number of aryl methyl sites for hydroxylation is 1. The molecule has 1 aromatic carbocycles. The highest BCUT2D eigenvalue weighted by atomic mass is 33.1. The Bertz CT molecular complexity index is 3090. The van der Waals surface area contributed by atoms with E-state index in [1.54, 1.807) is 25.3 Å². The van der Waals surface area contributed by atoms with Gasteiger partial charge < -0.3 is 65.6 Å². The number of anilines is 1. The van der Waals surface area contributed by atoms with Crippen LogP contribution in [0.2, 0.25) is 0 Å². The number of aliphatic hydroxyl groups is 8. The standard InChI is InChI=1S/C73H104N2O13S2/c1-41(2)42(3)59-61(88-59)70(84)25-12-15-45-32-53-54-35-57(79)69(36-58(80)72(86,40-77)67(64(53,69)4)23-9-10-24-67)63(83)90-89-38-47-14-11-13-46(37-76)73(47)62(82)75(48-29-43(30-49(78)33-48)18-27-68(45)56(70)20-28-71(54,68)85)39-65(73)26-19-51(60(65)81)55-31-44-16-17-50(87-5)34-52(44)66(74-55)21-7-6-8-22-66/h12,15-17,29-30,33,35,41-42,44-47,50-53,55-56,58-61,63,74,76-78,80-81,83-86H,6-11,13-14,18-28,31-32,34,36-40H2,1-5H3/t42-,44+,45+,46-,47+,50-,51+,52+,53+,55-,56+,58-,59+,60-,61-,63-,64+,65+,68-,69+,70-,71-,72-,73-/m1/s1. The van der Waals surface area contributed by atoms with Crippen molar-refractivity contribution in [1.29, 1.82) is 0 Å². The molecule has 15 nitrogen and oxygen atoms in total. The first kappa shape index (κ1) is 63.7. The van der Waals surface area contributed by atoms with Gasteiger partial charge >= 0.3 is 0 Å². The number of aromatic hydroxyl groups is 1. The summed E-state index contributed by atoms with van der Waals surface area (Å²) >= 11 is 0.